The summed E-state index contributed by atoms with van der Waals surface area (Å²) < 4.78 is 48.5. The first-order valence-corrected chi connectivity index (χ1v) is 22.5. The van der Waals surface area contributed by atoms with Crippen LogP contribution < -0.4 is 10.5 Å². The molecule has 1 aliphatic heterocycles. The number of benzene rings is 1. The van der Waals surface area contributed by atoms with Crippen LogP contribution in [-0.2, 0) is 34.4 Å². The van der Waals surface area contributed by atoms with Crippen molar-refractivity contribution in [1.82, 2.24) is 14.6 Å². The fraction of sp³-hybridized carbons (Fsp3) is 0.667. The van der Waals surface area contributed by atoms with Crippen LogP contribution in [0.2, 0.25) is 0 Å². The number of nitriles is 2. The van der Waals surface area contributed by atoms with Crippen molar-refractivity contribution < 1.29 is 47.7 Å². The molecule has 2 aromatic heterocycles. The number of fused-ring (bicyclic) bond motifs is 2. The van der Waals surface area contributed by atoms with Crippen molar-refractivity contribution in [1.29, 1.82) is 10.5 Å². The van der Waals surface area contributed by atoms with E-state index in [1.807, 2.05) is 6.07 Å². The molecule has 2 unspecified atom stereocenters. The molecule has 7 atom stereocenters. The van der Waals surface area contributed by atoms with E-state index in [1.165, 1.54) is 101 Å². The molecule has 3 heterocycles. The third-order valence-corrected chi connectivity index (χ3v) is 12.3. The van der Waals surface area contributed by atoms with E-state index < -0.39 is 50.0 Å². The number of nitrogen functional groups attached to an aromatic ring is 1. The van der Waals surface area contributed by atoms with Crippen molar-refractivity contribution in [2.24, 2.45) is 0 Å². The largest absolute Gasteiger partial charge is 0.496 e. The number of hydrogen-bond acceptors (Lipinski definition) is 14. The van der Waals surface area contributed by atoms with Gasteiger partial charge in [-0.25, -0.2) is 14.1 Å². The molecule has 2 aliphatic rings. The number of aromatic nitrogens is 3. The topological polar surface area (TPSA) is 237 Å². The molecule has 16 nitrogen and oxygen atoms in total. The Kier molecular flexibility index (Phi) is 17.5. The smallest absolute Gasteiger partial charge is 0.472 e. The number of phosphoric acid groups is 1. The van der Waals surface area contributed by atoms with Gasteiger partial charge in [-0.1, -0.05) is 109 Å². The summed E-state index contributed by atoms with van der Waals surface area (Å²) >= 11 is 0. The SMILES string of the molecule is CCCCCCCCCCCCCCCCCCOC[C@H](COP(=O)(O)OC1[C@@]2(C#N)O[C@@H](c3ccc4c(N)ncnn34)[C@H](O)[C@@]12O)OCc1ccc(C#N)cc1OC. The van der Waals surface area contributed by atoms with E-state index in [-0.39, 0.29) is 24.7 Å². The van der Waals surface area contributed by atoms with Gasteiger partial charge in [0.25, 0.3) is 0 Å². The molecule has 1 saturated heterocycles. The summed E-state index contributed by atoms with van der Waals surface area (Å²) in [6.45, 7) is 2.28. The molecule has 3 aromatic rings. The summed E-state index contributed by atoms with van der Waals surface area (Å²) in [5.74, 6) is 0.603. The minimum atomic E-state index is -4.99. The lowest BCUT2D eigenvalue weighted by Gasteiger charge is -2.24. The number of nitrogens with two attached hydrogens (primary N) is 1. The number of aliphatic hydroxyl groups is 2. The molecule has 0 radical (unpaired) electrons. The van der Waals surface area contributed by atoms with Crippen molar-refractivity contribution >= 4 is 19.2 Å². The molecule has 17 heteroatoms. The van der Waals surface area contributed by atoms with E-state index >= 15 is 0 Å². The summed E-state index contributed by atoms with van der Waals surface area (Å²) in [7, 11) is -3.51. The number of ether oxygens (including phenoxy) is 4. The first kappa shape index (κ1) is 46.4. The van der Waals surface area contributed by atoms with Gasteiger partial charge in [0.05, 0.1) is 44.3 Å². The van der Waals surface area contributed by atoms with E-state index in [2.05, 4.69) is 23.1 Å². The van der Waals surface area contributed by atoms with Gasteiger partial charge in [0.2, 0.25) is 5.60 Å². The summed E-state index contributed by atoms with van der Waals surface area (Å²) in [6.07, 6.45) is 15.8. The Morgan fingerprint density at radius 2 is 1.61 bits per heavy atom. The average Bonchev–Trinajstić information content (AvgIpc) is 3.46. The second kappa shape index (κ2) is 22.3. The van der Waals surface area contributed by atoms with Crippen molar-refractivity contribution in [3.05, 3.63) is 53.5 Å². The van der Waals surface area contributed by atoms with Crippen LogP contribution in [0.25, 0.3) is 5.52 Å². The average molecular weight is 841 g/mol. The molecule has 59 heavy (non-hydrogen) atoms. The molecule has 0 spiro atoms. The highest BCUT2D eigenvalue weighted by Gasteiger charge is 2.90. The van der Waals surface area contributed by atoms with E-state index in [0.717, 1.165) is 19.3 Å². The lowest BCUT2D eigenvalue weighted by Crippen LogP contribution is -2.35. The van der Waals surface area contributed by atoms with Crippen molar-refractivity contribution in [3.8, 4) is 17.9 Å². The molecule has 1 aromatic carbocycles. The number of phosphoric ester groups is 1. The molecular weight excluding hydrogens is 779 g/mol. The van der Waals surface area contributed by atoms with Gasteiger partial charge in [0, 0.05) is 12.2 Å². The fourth-order valence-corrected chi connectivity index (χ4v) is 8.77. The van der Waals surface area contributed by atoms with Gasteiger partial charge in [-0.3, -0.25) is 9.05 Å². The number of nitrogens with zero attached hydrogens (tertiary/aromatic N) is 5. The van der Waals surface area contributed by atoms with E-state index in [0.29, 0.717) is 29.0 Å². The Bertz CT molecular complexity index is 1920. The monoisotopic (exact) mass is 840 g/mol. The van der Waals surface area contributed by atoms with E-state index in [1.54, 1.807) is 30.3 Å². The molecular formula is C42H61N6O10P. The quantitative estimate of drug-likeness (QED) is 0.0407. The molecule has 0 bridgehead atoms. The van der Waals surface area contributed by atoms with E-state index in [4.69, 9.17) is 33.7 Å². The maximum absolute atomic E-state index is 13.3. The maximum atomic E-state index is 13.3. The van der Waals surface area contributed by atoms with Crippen LogP contribution >= 0.6 is 7.82 Å². The van der Waals surface area contributed by atoms with Gasteiger partial charge < -0.3 is 39.8 Å². The summed E-state index contributed by atoms with van der Waals surface area (Å²) in [5, 5.41) is 46.1. The Morgan fingerprint density at radius 1 is 0.966 bits per heavy atom. The zero-order valence-corrected chi connectivity index (χ0v) is 35.3. The first-order valence-electron chi connectivity index (χ1n) is 21.0. The highest BCUT2D eigenvalue weighted by Crippen LogP contribution is 2.68. The molecule has 324 valence electrons. The number of anilines is 1. The first-order chi connectivity index (χ1) is 28.5. The second-order valence-electron chi connectivity index (χ2n) is 15.6. The second-order valence-corrected chi connectivity index (χ2v) is 17.0. The highest BCUT2D eigenvalue weighted by atomic mass is 31.2. The molecule has 1 saturated carbocycles. The molecule has 2 fully saturated rings. The number of methoxy groups -OCH3 is 1. The van der Waals surface area contributed by atoms with Crippen LogP contribution in [0.1, 0.15) is 133 Å². The predicted molar refractivity (Wildman–Crippen MR) is 218 cm³/mol. The number of hydrogen-bond donors (Lipinski definition) is 4. The van der Waals surface area contributed by atoms with Crippen LogP contribution in [0.15, 0.2) is 36.7 Å². The number of aliphatic hydroxyl groups excluding tert-OH is 1. The van der Waals surface area contributed by atoms with Gasteiger partial charge in [0.1, 0.15) is 42.0 Å². The molecule has 5 N–H and O–H groups in total. The van der Waals surface area contributed by atoms with Crippen LogP contribution in [-0.4, -0.2) is 86.1 Å². The summed E-state index contributed by atoms with van der Waals surface area (Å²) in [5.41, 5.74) is 3.11. The normalized spacial score (nSPS) is 23.7. The van der Waals surface area contributed by atoms with Crippen LogP contribution in [0.4, 0.5) is 5.82 Å². The zero-order chi connectivity index (χ0) is 42.3. The minimum Gasteiger partial charge on any atom is -0.496 e. The standard InChI is InChI=1S/C42H61N6O10P/c1-3-4-5-6-7-8-9-10-11-12-13-14-15-16-17-18-23-54-27-33(55-26-32-20-19-31(25-43)24-36(32)53-2)28-56-59(51,52)58-40-41(29-44)42(40,50)38(49)37(57-41)34-21-22-35-39(45)46-30-47-48(34)35/h19-22,24,30,33,37-38,40,49-50H,3-18,23,26-28H2,1-2H3,(H,51,52)(H2,45,46,47)/t33-,37+,38+,40?,41-,42-/m1/s1. The summed E-state index contributed by atoms with van der Waals surface area (Å²) in [4.78, 5) is 14.7. The third-order valence-electron chi connectivity index (χ3n) is 11.3. The minimum absolute atomic E-state index is 0.00817. The van der Waals surface area contributed by atoms with Crippen LogP contribution in [0.3, 0.4) is 0 Å². The Balaban J connectivity index is 1.07. The van der Waals surface area contributed by atoms with Gasteiger partial charge in [-0.15, -0.1) is 0 Å². The van der Waals surface area contributed by atoms with Crippen LogP contribution in [0.5, 0.6) is 5.75 Å². The Hall–Kier alpha value is -3.67. The Labute approximate surface area is 347 Å². The van der Waals surface area contributed by atoms with Gasteiger partial charge >= 0.3 is 7.82 Å². The number of rotatable bonds is 29. The van der Waals surface area contributed by atoms with Crippen molar-refractivity contribution in [2.75, 3.05) is 32.7 Å². The van der Waals surface area contributed by atoms with Gasteiger partial charge in [-0.2, -0.15) is 15.6 Å². The van der Waals surface area contributed by atoms with E-state index in [9.17, 15) is 30.2 Å². The third kappa shape index (κ3) is 11.6. The van der Waals surface area contributed by atoms with Crippen molar-refractivity contribution in [3.63, 3.8) is 0 Å². The predicted octanol–water partition coefficient (Wildman–Crippen LogP) is 7.00. The maximum Gasteiger partial charge on any atom is 0.472 e. The molecule has 0 amide bonds. The van der Waals surface area contributed by atoms with Crippen LogP contribution in [0, 0.1) is 22.7 Å². The lowest BCUT2D eigenvalue weighted by atomic mass is 10.0. The van der Waals surface area contributed by atoms with Gasteiger partial charge in [0.15, 0.2) is 17.5 Å². The van der Waals surface area contributed by atoms with Crippen molar-refractivity contribution in [2.45, 2.75) is 152 Å². The highest BCUT2D eigenvalue weighted by molar-refractivity contribution is 7.47. The molecule has 5 rings (SSSR count). The summed E-state index contributed by atoms with van der Waals surface area (Å²) in [6, 6.07) is 11.9. The Morgan fingerprint density at radius 3 is 2.20 bits per heavy atom. The fourth-order valence-electron chi connectivity index (χ4n) is 7.78. The van der Waals surface area contributed by atoms with Gasteiger partial charge in [-0.05, 0) is 30.7 Å². The zero-order valence-electron chi connectivity index (χ0n) is 34.4. The lowest BCUT2D eigenvalue weighted by molar-refractivity contribution is -0.0795. The molecule has 1 aliphatic carbocycles. The number of unbranched alkanes of at least 4 members (excludes halogenated alkanes) is 15.